The predicted octanol–water partition coefficient (Wildman–Crippen LogP) is 1.89. The van der Waals surface area contributed by atoms with Crippen LogP contribution in [0.15, 0.2) is 30.3 Å². The number of methoxy groups -OCH3 is 1. The summed E-state index contributed by atoms with van der Waals surface area (Å²) in [7, 11) is 3.16. The van der Waals surface area contributed by atoms with Crippen molar-refractivity contribution in [3.8, 4) is 5.88 Å². The van der Waals surface area contributed by atoms with Crippen molar-refractivity contribution in [1.82, 2.24) is 25.4 Å². The van der Waals surface area contributed by atoms with Crippen molar-refractivity contribution in [3.05, 3.63) is 47.4 Å². The van der Waals surface area contributed by atoms with Gasteiger partial charge in [0.15, 0.2) is 5.69 Å². The molecule has 0 saturated carbocycles. The molecule has 2 heterocycles. The average molecular weight is 371 g/mol. The highest BCUT2D eigenvalue weighted by molar-refractivity contribution is 5.93. The maximum Gasteiger partial charge on any atom is 0.272 e. The maximum absolute atomic E-state index is 12.6. The molecule has 0 fully saturated rings. The molecule has 2 aromatic heterocycles. The van der Waals surface area contributed by atoms with Crippen LogP contribution in [-0.2, 0) is 0 Å². The van der Waals surface area contributed by atoms with Gasteiger partial charge in [-0.3, -0.25) is 9.59 Å². The fourth-order valence-corrected chi connectivity index (χ4v) is 2.47. The highest BCUT2D eigenvalue weighted by Gasteiger charge is 2.18. The number of amides is 2. The molecular weight excluding hydrogens is 346 g/mol. The molecule has 27 heavy (non-hydrogen) atoms. The van der Waals surface area contributed by atoms with Gasteiger partial charge in [0, 0.05) is 31.4 Å². The number of ether oxygens (including phenoxy) is 1. The summed E-state index contributed by atoms with van der Waals surface area (Å²) in [5.74, 6) is 0.0224. The van der Waals surface area contributed by atoms with E-state index in [0.717, 1.165) is 5.69 Å². The molecule has 1 atom stereocenters. The second-order valence-corrected chi connectivity index (χ2v) is 6.62. The second kappa shape index (κ2) is 9.07. The number of rotatable bonds is 7. The van der Waals surface area contributed by atoms with Crippen LogP contribution in [0.3, 0.4) is 0 Å². The molecule has 0 aromatic carbocycles. The van der Waals surface area contributed by atoms with Crippen molar-refractivity contribution in [2.75, 3.05) is 20.7 Å². The minimum absolute atomic E-state index is 0.183. The number of nitrogens with zero attached hydrogens (tertiary/aromatic N) is 4. The number of pyridine rings is 1. The third-order valence-corrected chi connectivity index (χ3v) is 3.94. The van der Waals surface area contributed by atoms with Crippen LogP contribution in [-0.4, -0.2) is 58.6 Å². The van der Waals surface area contributed by atoms with Crippen LogP contribution < -0.4 is 10.1 Å². The SMILES string of the molecule is COc1ccc(C(=O)NC(C)CN(C)C(=O)c2cccc(C(C)C)n2)nn1. The van der Waals surface area contributed by atoms with E-state index >= 15 is 0 Å². The number of carbonyl (C=O) groups excluding carboxylic acids is 2. The number of aromatic nitrogens is 3. The number of carbonyl (C=O) groups is 2. The van der Waals surface area contributed by atoms with E-state index in [4.69, 9.17) is 4.74 Å². The van der Waals surface area contributed by atoms with Crippen LogP contribution in [0.1, 0.15) is 53.4 Å². The quantitative estimate of drug-likeness (QED) is 0.798. The molecule has 0 aliphatic rings. The molecular formula is C19H25N5O3. The lowest BCUT2D eigenvalue weighted by atomic mass is 10.1. The molecule has 0 saturated heterocycles. The van der Waals surface area contributed by atoms with E-state index in [1.54, 1.807) is 19.2 Å². The summed E-state index contributed by atoms with van der Waals surface area (Å²) in [6, 6.07) is 8.25. The predicted molar refractivity (Wildman–Crippen MR) is 101 cm³/mol. The normalized spacial score (nSPS) is 11.8. The van der Waals surface area contributed by atoms with Crippen LogP contribution in [0, 0.1) is 0 Å². The topological polar surface area (TPSA) is 97.3 Å². The number of likely N-dealkylation sites (N-methyl/N-ethyl adjacent to an activating group) is 1. The van der Waals surface area contributed by atoms with E-state index in [0.29, 0.717) is 18.1 Å². The minimum Gasteiger partial charge on any atom is -0.480 e. The van der Waals surface area contributed by atoms with E-state index < -0.39 is 0 Å². The first-order valence-electron chi connectivity index (χ1n) is 8.72. The van der Waals surface area contributed by atoms with Crippen LogP contribution in [0.25, 0.3) is 0 Å². The third kappa shape index (κ3) is 5.47. The van der Waals surface area contributed by atoms with Crippen molar-refractivity contribution in [2.24, 2.45) is 0 Å². The fourth-order valence-electron chi connectivity index (χ4n) is 2.47. The lowest BCUT2D eigenvalue weighted by Crippen LogP contribution is -2.43. The van der Waals surface area contributed by atoms with E-state index in [1.165, 1.54) is 18.1 Å². The Labute approximate surface area is 159 Å². The lowest BCUT2D eigenvalue weighted by molar-refractivity contribution is 0.0763. The third-order valence-electron chi connectivity index (χ3n) is 3.94. The van der Waals surface area contributed by atoms with Crippen molar-refractivity contribution < 1.29 is 14.3 Å². The van der Waals surface area contributed by atoms with Gasteiger partial charge in [-0.15, -0.1) is 10.2 Å². The fraction of sp³-hybridized carbons (Fsp3) is 0.421. The van der Waals surface area contributed by atoms with Gasteiger partial charge in [-0.2, -0.15) is 0 Å². The Balaban J connectivity index is 1.95. The molecule has 0 aliphatic carbocycles. The lowest BCUT2D eigenvalue weighted by Gasteiger charge is -2.22. The zero-order valence-corrected chi connectivity index (χ0v) is 16.3. The molecule has 2 amide bonds. The highest BCUT2D eigenvalue weighted by atomic mass is 16.5. The summed E-state index contributed by atoms with van der Waals surface area (Å²) in [5, 5.41) is 10.4. The zero-order valence-electron chi connectivity index (χ0n) is 16.3. The molecule has 1 unspecified atom stereocenters. The molecule has 144 valence electrons. The van der Waals surface area contributed by atoms with Crippen LogP contribution in [0.2, 0.25) is 0 Å². The van der Waals surface area contributed by atoms with Gasteiger partial charge in [0.25, 0.3) is 11.8 Å². The Hall–Kier alpha value is -3.03. The second-order valence-electron chi connectivity index (χ2n) is 6.62. The van der Waals surface area contributed by atoms with E-state index in [-0.39, 0.29) is 29.5 Å². The van der Waals surface area contributed by atoms with Crippen molar-refractivity contribution in [1.29, 1.82) is 0 Å². The Morgan fingerprint density at radius 2 is 1.85 bits per heavy atom. The van der Waals surface area contributed by atoms with Gasteiger partial charge in [-0.25, -0.2) is 4.98 Å². The number of hydrogen-bond acceptors (Lipinski definition) is 6. The first-order chi connectivity index (χ1) is 12.8. The standard InChI is InChI=1S/C19H25N5O3/c1-12(2)14-7-6-8-16(21-14)19(26)24(4)11-13(3)20-18(25)15-9-10-17(27-5)23-22-15/h6-10,12-13H,11H2,1-5H3,(H,20,25). The summed E-state index contributed by atoms with van der Waals surface area (Å²) in [6.07, 6.45) is 0. The van der Waals surface area contributed by atoms with E-state index in [2.05, 4.69) is 20.5 Å². The average Bonchev–Trinajstić information content (AvgIpc) is 2.67. The molecule has 1 N–H and O–H groups in total. The zero-order chi connectivity index (χ0) is 20.0. The molecule has 0 bridgehead atoms. The molecule has 0 spiro atoms. The van der Waals surface area contributed by atoms with Gasteiger partial charge in [-0.05, 0) is 31.0 Å². The van der Waals surface area contributed by atoms with E-state index in [9.17, 15) is 9.59 Å². The Morgan fingerprint density at radius 1 is 1.11 bits per heavy atom. The Kier molecular flexibility index (Phi) is 6.81. The van der Waals surface area contributed by atoms with Crippen molar-refractivity contribution in [3.63, 3.8) is 0 Å². The number of nitrogens with one attached hydrogen (secondary N) is 1. The molecule has 0 radical (unpaired) electrons. The monoisotopic (exact) mass is 371 g/mol. The van der Waals surface area contributed by atoms with Gasteiger partial charge < -0.3 is 15.0 Å². The summed E-state index contributed by atoms with van der Waals surface area (Å²) in [6.45, 7) is 6.21. The molecule has 2 rings (SSSR count). The summed E-state index contributed by atoms with van der Waals surface area (Å²) >= 11 is 0. The van der Waals surface area contributed by atoms with Gasteiger partial charge in [-0.1, -0.05) is 19.9 Å². The maximum atomic E-state index is 12.6. The first kappa shape index (κ1) is 20.3. The van der Waals surface area contributed by atoms with Crippen LogP contribution in [0.5, 0.6) is 5.88 Å². The van der Waals surface area contributed by atoms with Crippen LogP contribution >= 0.6 is 0 Å². The van der Waals surface area contributed by atoms with Crippen LogP contribution in [0.4, 0.5) is 0 Å². The minimum atomic E-state index is -0.363. The summed E-state index contributed by atoms with van der Waals surface area (Å²) < 4.78 is 4.92. The van der Waals surface area contributed by atoms with Crippen molar-refractivity contribution >= 4 is 11.8 Å². The summed E-state index contributed by atoms with van der Waals surface area (Å²) in [4.78, 5) is 30.8. The van der Waals surface area contributed by atoms with Crippen molar-refractivity contribution in [2.45, 2.75) is 32.7 Å². The number of hydrogen-bond donors (Lipinski definition) is 1. The summed E-state index contributed by atoms with van der Waals surface area (Å²) in [5.41, 5.74) is 1.44. The first-order valence-corrected chi connectivity index (χ1v) is 8.72. The smallest absolute Gasteiger partial charge is 0.272 e. The van der Waals surface area contributed by atoms with Gasteiger partial charge in [0.1, 0.15) is 5.69 Å². The Bertz CT molecular complexity index is 792. The molecule has 0 aliphatic heterocycles. The Morgan fingerprint density at radius 3 is 2.44 bits per heavy atom. The molecule has 2 aromatic rings. The molecule has 8 nitrogen and oxygen atoms in total. The molecule has 8 heteroatoms. The van der Waals surface area contributed by atoms with E-state index in [1.807, 2.05) is 32.9 Å². The largest absolute Gasteiger partial charge is 0.480 e. The van der Waals surface area contributed by atoms with Gasteiger partial charge >= 0.3 is 0 Å². The van der Waals surface area contributed by atoms with Gasteiger partial charge in [0.05, 0.1) is 7.11 Å². The van der Waals surface area contributed by atoms with Gasteiger partial charge in [0.2, 0.25) is 5.88 Å². The highest BCUT2D eigenvalue weighted by Crippen LogP contribution is 2.12.